The maximum Gasteiger partial charge on any atom is 0.335 e. The van der Waals surface area contributed by atoms with Crippen molar-refractivity contribution in [2.45, 2.75) is 38.5 Å². The van der Waals surface area contributed by atoms with Gasteiger partial charge in [0.25, 0.3) is 0 Å². The van der Waals surface area contributed by atoms with Crippen LogP contribution in [0.3, 0.4) is 0 Å². The minimum absolute atomic E-state index is 0.0693. The van der Waals surface area contributed by atoms with E-state index in [9.17, 15) is 9.59 Å². The zero-order valence-corrected chi connectivity index (χ0v) is 13.5. The molecule has 0 atom stereocenters. The molecule has 0 saturated carbocycles. The Bertz CT molecular complexity index is 563. The first-order chi connectivity index (χ1) is 9.76. The van der Waals surface area contributed by atoms with E-state index in [0.717, 1.165) is 17.5 Å². The highest BCUT2D eigenvalue weighted by atomic mass is 32.2. The van der Waals surface area contributed by atoms with Crippen molar-refractivity contribution >= 4 is 23.6 Å². The molecule has 0 unspecified atom stereocenters. The molecular formula is C16H21NO3S. The van der Waals surface area contributed by atoms with Crippen LogP contribution in [-0.4, -0.2) is 38.9 Å². The van der Waals surface area contributed by atoms with Gasteiger partial charge in [-0.15, -0.1) is 11.8 Å². The lowest BCUT2D eigenvalue weighted by Gasteiger charge is -2.30. The van der Waals surface area contributed by atoms with Gasteiger partial charge in [0.15, 0.2) is 0 Å². The van der Waals surface area contributed by atoms with Gasteiger partial charge in [-0.3, -0.25) is 4.79 Å². The molecule has 5 heteroatoms. The summed E-state index contributed by atoms with van der Waals surface area (Å²) in [6, 6.07) is 5.19. The number of hydrogen-bond acceptors (Lipinski definition) is 3. The van der Waals surface area contributed by atoms with Gasteiger partial charge < -0.3 is 10.0 Å². The SMILES string of the molecule is CC(C)(C)SCC(=O)N1CCc2ccc(C(=O)O)cc2C1. The molecule has 1 heterocycles. The molecule has 0 aromatic heterocycles. The van der Waals surface area contributed by atoms with Crippen molar-refractivity contribution in [3.63, 3.8) is 0 Å². The number of carboxylic acids is 1. The summed E-state index contributed by atoms with van der Waals surface area (Å²) in [4.78, 5) is 25.1. The van der Waals surface area contributed by atoms with Gasteiger partial charge in [0.1, 0.15) is 0 Å². The van der Waals surface area contributed by atoms with E-state index in [1.54, 1.807) is 23.9 Å². The van der Waals surface area contributed by atoms with Gasteiger partial charge in [-0.25, -0.2) is 4.79 Å². The van der Waals surface area contributed by atoms with Gasteiger partial charge in [-0.2, -0.15) is 0 Å². The summed E-state index contributed by atoms with van der Waals surface area (Å²) in [5.41, 5.74) is 2.38. The number of hydrogen-bond donors (Lipinski definition) is 1. The molecule has 2 rings (SSSR count). The van der Waals surface area contributed by atoms with E-state index in [4.69, 9.17) is 5.11 Å². The third-order valence-electron chi connectivity index (χ3n) is 3.45. The van der Waals surface area contributed by atoms with E-state index >= 15 is 0 Å². The average Bonchev–Trinajstić information content (AvgIpc) is 2.42. The Kier molecular flexibility index (Phi) is 4.61. The molecule has 114 valence electrons. The molecule has 0 saturated heterocycles. The van der Waals surface area contributed by atoms with E-state index in [1.165, 1.54) is 0 Å². The monoisotopic (exact) mass is 307 g/mol. The van der Waals surface area contributed by atoms with Gasteiger partial charge in [0.2, 0.25) is 5.91 Å². The summed E-state index contributed by atoms with van der Waals surface area (Å²) in [6.45, 7) is 7.50. The number of amides is 1. The van der Waals surface area contributed by atoms with Crippen molar-refractivity contribution < 1.29 is 14.7 Å². The second-order valence-electron chi connectivity index (χ2n) is 6.25. The predicted molar refractivity (Wildman–Crippen MR) is 84.7 cm³/mol. The van der Waals surface area contributed by atoms with E-state index in [2.05, 4.69) is 20.8 Å². The molecule has 1 aliphatic heterocycles. The summed E-state index contributed by atoms with van der Waals surface area (Å²) >= 11 is 1.64. The zero-order valence-electron chi connectivity index (χ0n) is 12.7. The third kappa shape index (κ3) is 4.24. The number of carbonyl (C=O) groups excluding carboxylic acids is 1. The Morgan fingerprint density at radius 1 is 1.29 bits per heavy atom. The standard InChI is InChI=1S/C16H21NO3S/c1-16(2,3)21-10-14(18)17-7-6-11-4-5-12(15(19)20)8-13(11)9-17/h4-5,8H,6-7,9-10H2,1-3H3,(H,19,20). The molecule has 0 fully saturated rings. The van der Waals surface area contributed by atoms with Gasteiger partial charge in [-0.05, 0) is 29.7 Å². The Labute approximate surface area is 129 Å². The first-order valence-corrected chi connectivity index (χ1v) is 8.02. The normalized spacial score (nSPS) is 14.7. The molecule has 0 spiro atoms. The van der Waals surface area contributed by atoms with E-state index in [-0.39, 0.29) is 16.2 Å². The highest BCUT2D eigenvalue weighted by Gasteiger charge is 2.23. The van der Waals surface area contributed by atoms with Crippen LogP contribution in [0.4, 0.5) is 0 Å². The van der Waals surface area contributed by atoms with Crippen LogP contribution in [-0.2, 0) is 17.8 Å². The Morgan fingerprint density at radius 3 is 2.62 bits per heavy atom. The van der Waals surface area contributed by atoms with Crippen LogP contribution >= 0.6 is 11.8 Å². The summed E-state index contributed by atoms with van der Waals surface area (Å²) in [7, 11) is 0. The number of carboxylic acid groups (broad SMARTS) is 1. The third-order valence-corrected chi connectivity index (χ3v) is 4.70. The van der Waals surface area contributed by atoms with Crippen molar-refractivity contribution in [2.75, 3.05) is 12.3 Å². The zero-order chi connectivity index (χ0) is 15.6. The molecule has 4 nitrogen and oxygen atoms in total. The molecule has 21 heavy (non-hydrogen) atoms. The van der Waals surface area contributed by atoms with Crippen LogP contribution < -0.4 is 0 Å². The summed E-state index contributed by atoms with van der Waals surface area (Å²) < 4.78 is 0.0693. The number of rotatable bonds is 3. The van der Waals surface area contributed by atoms with Gasteiger partial charge >= 0.3 is 5.97 Å². The maximum absolute atomic E-state index is 12.3. The summed E-state index contributed by atoms with van der Waals surface area (Å²) in [6.07, 6.45) is 0.793. The van der Waals surface area contributed by atoms with Crippen molar-refractivity contribution in [1.29, 1.82) is 0 Å². The second-order valence-corrected chi connectivity index (χ2v) is 8.06. The highest BCUT2D eigenvalue weighted by molar-refractivity contribution is 8.01. The molecule has 1 amide bonds. The van der Waals surface area contributed by atoms with Crippen LogP contribution in [0.25, 0.3) is 0 Å². The first-order valence-electron chi connectivity index (χ1n) is 7.03. The Hall–Kier alpha value is -1.49. The van der Waals surface area contributed by atoms with Crippen LogP contribution in [0.2, 0.25) is 0 Å². The molecule has 1 aromatic carbocycles. The molecule has 0 aliphatic carbocycles. The van der Waals surface area contributed by atoms with Crippen LogP contribution in [0, 0.1) is 0 Å². The van der Waals surface area contributed by atoms with E-state index in [1.807, 2.05) is 11.0 Å². The number of aromatic carboxylic acids is 1. The van der Waals surface area contributed by atoms with Crippen molar-refractivity contribution in [3.8, 4) is 0 Å². The minimum atomic E-state index is -0.926. The Morgan fingerprint density at radius 2 is 2.00 bits per heavy atom. The predicted octanol–water partition coefficient (Wildman–Crippen LogP) is 2.80. The fourth-order valence-corrected chi connectivity index (χ4v) is 3.01. The topological polar surface area (TPSA) is 57.6 Å². The number of carbonyl (C=O) groups is 2. The average molecular weight is 307 g/mol. The van der Waals surface area contributed by atoms with Crippen molar-refractivity contribution in [3.05, 3.63) is 34.9 Å². The van der Waals surface area contributed by atoms with Gasteiger partial charge in [-0.1, -0.05) is 26.8 Å². The van der Waals surface area contributed by atoms with Crippen LogP contribution in [0.1, 0.15) is 42.3 Å². The minimum Gasteiger partial charge on any atom is -0.478 e. The number of thioether (sulfide) groups is 1. The molecule has 0 bridgehead atoms. The molecule has 1 N–H and O–H groups in total. The molecule has 1 aliphatic rings. The van der Waals surface area contributed by atoms with Gasteiger partial charge in [0, 0.05) is 17.8 Å². The number of nitrogens with zero attached hydrogens (tertiary/aromatic N) is 1. The lowest BCUT2D eigenvalue weighted by Crippen LogP contribution is -2.37. The first kappa shape index (κ1) is 15.9. The number of benzene rings is 1. The smallest absolute Gasteiger partial charge is 0.335 e. The summed E-state index contributed by atoms with van der Waals surface area (Å²) in [5, 5.41) is 9.05. The highest BCUT2D eigenvalue weighted by Crippen LogP contribution is 2.25. The molecule has 1 aromatic rings. The summed E-state index contributed by atoms with van der Waals surface area (Å²) in [5.74, 6) is -0.330. The number of fused-ring (bicyclic) bond motifs is 1. The van der Waals surface area contributed by atoms with E-state index < -0.39 is 5.97 Å². The fourth-order valence-electron chi connectivity index (χ4n) is 2.27. The van der Waals surface area contributed by atoms with Crippen LogP contribution in [0.15, 0.2) is 18.2 Å². The second kappa shape index (κ2) is 6.10. The van der Waals surface area contributed by atoms with Crippen LogP contribution in [0.5, 0.6) is 0 Å². The Balaban J connectivity index is 2.06. The largest absolute Gasteiger partial charge is 0.478 e. The molecule has 0 radical (unpaired) electrons. The quantitative estimate of drug-likeness (QED) is 0.933. The fraction of sp³-hybridized carbons (Fsp3) is 0.500. The lowest BCUT2D eigenvalue weighted by molar-refractivity contribution is -0.129. The van der Waals surface area contributed by atoms with Crippen molar-refractivity contribution in [2.24, 2.45) is 0 Å². The van der Waals surface area contributed by atoms with Gasteiger partial charge in [0.05, 0.1) is 11.3 Å². The van der Waals surface area contributed by atoms with Crippen molar-refractivity contribution in [1.82, 2.24) is 4.90 Å². The van der Waals surface area contributed by atoms with E-state index in [0.29, 0.717) is 18.8 Å². The maximum atomic E-state index is 12.3. The lowest BCUT2D eigenvalue weighted by atomic mass is 9.97. The molecular weight excluding hydrogens is 286 g/mol.